The number of aliphatic carboxylic acids is 1. The Bertz CT molecular complexity index is 580. The largest absolute Gasteiger partial charge is 0.478 e. The normalized spacial score (nSPS) is 14.8. The minimum absolute atomic E-state index is 0.0687. The molecule has 2 amide bonds. The Labute approximate surface area is 115 Å². The van der Waals surface area contributed by atoms with Crippen molar-refractivity contribution in [1.29, 1.82) is 0 Å². The number of hydrogen-bond donors (Lipinski definition) is 2. The fourth-order valence-corrected chi connectivity index (χ4v) is 2.00. The lowest BCUT2D eigenvalue weighted by molar-refractivity contribution is -0.131. The summed E-state index contributed by atoms with van der Waals surface area (Å²) in [6.07, 6.45) is 3.08. The van der Waals surface area contributed by atoms with Gasteiger partial charge in [0.25, 0.3) is 0 Å². The Morgan fingerprint density at radius 2 is 2.10 bits per heavy atom. The molecule has 6 nitrogen and oxygen atoms in total. The van der Waals surface area contributed by atoms with Crippen molar-refractivity contribution < 1.29 is 19.5 Å². The first-order chi connectivity index (χ1) is 9.56. The first kappa shape index (κ1) is 13.8. The van der Waals surface area contributed by atoms with Gasteiger partial charge in [-0.05, 0) is 24.6 Å². The second kappa shape index (κ2) is 6.01. The van der Waals surface area contributed by atoms with Crippen LogP contribution in [0, 0.1) is 0 Å². The number of rotatable bonds is 4. The molecule has 1 aliphatic rings. The van der Waals surface area contributed by atoms with Crippen LogP contribution < -0.4 is 10.2 Å². The molecule has 0 radical (unpaired) electrons. The minimum Gasteiger partial charge on any atom is -0.478 e. The van der Waals surface area contributed by atoms with Crippen LogP contribution in [-0.4, -0.2) is 29.4 Å². The third-order valence-corrected chi connectivity index (χ3v) is 2.88. The third-order valence-electron chi connectivity index (χ3n) is 2.88. The zero-order chi connectivity index (χ0) is 14.5. The highest BCUT2D eigenvalue weighted by Gasteiger charge is 2.21. The predicted molar refractivity (Wildman–Crippen MR) is 73.4 cm³/mol. The Morgan fingerprint density at radius 1 is 1.30 bits per heavy atom. The van der Waals surface area contributed by atoms with E-state index in [0.717, 1.165) is 24.3 Å². The first-order valence-corrected chi connectivity index (χ1v) is 6.19. The zero-order valence-corrected chi connectivity index (χ0v) is 10.7. The number of hydrogen-bond acceptors (Lipinski definition) is 3. The van der Waals surface area contributed by atoms with Crippen molar-refractivity contribution >= 4 is 29.2 Å². The van der Waals surface area contributed by atoms with Gasteiger partial charge in [-0.15, -0.1) is 0 Å². The molecule has 20 heavy (non-hydrogen) atoms. The molecule has 0 atom stereocenters. The standard InChI is InChI=1S/C14H14N2O4/c17-12(6-7-14(19)20)15-10-3-1-4-11(9-10)16-8-2-5-13(16)18/h1,3-4,6-7,9H,2,5,8H2,(H,15,17)(H,19,20)/b7-6+. The van der Waals surface area contributed by atoms with Crippen molar-refractivity contribution in [1.82, 2.24) is 0 Å². The maximum atomic E-state index is 11.6. The number of nitrogens with zero attached hydrogens (tertiary/aromatic N) is 1. The summed E-state index contributed by atoms with van der Waals surface area (Å²) < 4.78 is 0. The van der Waals surface area contributed by atoms with E-state index in [-0.39, 0.29) is 5.91 Å². The molecule has 0 bridgehead atoms. The molecule has 0 saturated carbocycles. The number of anilines is 2. The van der Waals surface area contributed by atoms with Crippen molar-refractivity contribution in [2.24, 2.45) is 0 Å². The number of carbonyl (C=O) groups is 3. The van der Waals surface area contributed by atoms with Crippen LogP contribution in [0.5, 0.6) is 0 Å². The lowest BCUT2D eigenvalue weighted by atomic mass is 10.2. The summed E-state index contributed by atoms with van der Waals surface area (Å²) in [5.74, 6) is -1.65. The monoisotopic (exact) mass is 274 g/mol. The highest BCUT2D eigenvalue weighted by Crippen LogP contribution is 2.24. The summed E-state index contributed by atoms with van der Waals surface area (Å²) in [5, 5.41) is 11.0. The highest BCUT2D eigenvalue weighted by molar-refractivity contribution is 6.03. The van der Waals surface area contributed by atoms with E-state index < -0.39 is 11.9 Å². The van der Waals surface area contributed by atoms with Crippen LogP contribution in [0.15, 0.2) is 36.4 Å². The SMILES string of the molecule is O=C(O)/C=C/C(=O)Nc1cccc(N2CCCC2=O)c1. The quantitative estimate of drug-likeness (QED) is 0.812. The molecule has 0 spiro atoms. The smallest absolute Gasteiger partial charge is 0.328 e. The van der Waals surface area contributed by atoms with Crippen molar-refractivity contribution in [3.63, 3.8) is 0 Å². The van der Waals surface area contributed by atoms with E-state index in [9.17, 15) is 14.4 Å². The van der Waals surface area contributed by atoms with Gasteiger partial charge < -0.3 is 15.3 Å². The molecule has 2 N–H and O–H groups in total. The maximum absolute atomic E-state index is 11.6. The zero-order valence-electron chi connectivity index (χ0n) is 10.7. The average Bonchev–Trinajstić information content (AvgIpc) is 2.83. The minimum atomic E-state index is -1.18. The molecule has 1 fully saturated rings. The molecule has 0 unspecified atom stereocenters. The molecule has 1 aliphatic heterocycles. The van der Waals surface area contributed by atoms with Gasteiger partial charge in [-0.25, -0.2) is 4.79 Å². The number of amides is 2. The first-order valence-electron chi connectivity index (χ1n) is 6.19. The summed E-state index contributed by atoms with van der Waals surface area (Å²) in [5.41, 5.74) is 1.25. The molecule has 1 aromatic rings. The van der Waals surface area contributed by atoms with Crippen LogP contribution >= 0.6 is 0 Å². The third kappa shape index (κ3) is 3.44. The van der Waals surface area contributed by atoms with Gasteiger partial charge in [0.2, 0.25) is 11.8 Å². The lowest BCUT2D eigenvalue weighted by Gasteiger charge is -2.16. The van der Waals surface area contributed by atoms with Crippen LogP contribution in [-0.2, 0) is 14.4 Å². The van der Waals surface area contributed by atoms with E-state index in [0.29, 0.717) is 18.7 Å². The van der Waals surface area contributed by atoms with E-state index in [1.807, 2.05) is 0 Å². The molecule has 0 aliphatic carbocycles. The van der Waals surface area contributed by atoms with E-state index in [2.05, 4.69) is 5.32 Å². The summed E-state index contributed by atoms with van der Waals surface area (Å²) in [7, 11) is 0. The molecule has 1 saturated heterocycles. The van der Waals surface area contributed by atoms with Gasteiger partial charge in [0.1, 0.15) is 0 Å². The van der Waals surface area contributed by atoms with Crippen LogP contribution in [0.4, 0.5) is 11.4 Å². The van der Waals surface area contributed by atoms with Gasteiger partial charge in [0.05, 0.1) is 0 Å². The second-order valence-corrected chi connectivity index (χ2v) is 4.36. The van der Waals surface area contributed by atoms with Gasteiger partial charge in [-0.1, -0.05) is 6.07 Å². The van der Waals surface area contributed by atoms with Gasteiger partial charge >= 0.3 is 5.97 Å². The van der Waals surface area contributed by atoms with Crippen molar-refractivity contribution in [2.75, 3.05) is 16.8 Å². The lowest BCUT2D eigenvalue weighted by Crippen LogP contribution is -2.23. The predicted octanol–water partition coefficient (Wildman–Crippen LogP) is 1.39. The van der Waals surface area contributed by atoms with Crippen molar-refractivity contribution in [2.45, 2.75) is 12.8 Å². The average molecular weight is 274 g/mol. The van der Waals surface area contributed by atoms with Gasteiger partial charge in [-0.3, -0.25) is 9.59 Å². The van der Waals surface area contributed by atoms with E-state index in [1.54, 1.807) is 29.2 Å². The van der Waals surface area contributed by atoms with E-state index in [1.165, 1.54) is 0 Å². The molecule has 1 aromatic carbocycles. The molecular formula is C14H14N2O4. The van der Waals surface area contributed by atoms with Gasteiger partial charge in [-0.2, -0.15) is 0 Å². The molecule has 1 heterocycles. The number of benzene rings is 1. The van der Waals surface area contributed by atoms with Gasteiger partial charge in [0.15, 0.2) is 0 Å². The van der Waals surface area contributed by atoms with Crippen LogP contribution in [0.1, 0.15) is 12.8 Å². The summed E-state index contributed by atoms with van der Waals surface area (Å²) >= 11 is 0. The van der Waals surface area contributed by atoms with Crippen LogP contribution in [0.3, 0.4) is 0 Å². The van der Waals surface area contributed by atoms with Crippen LogP contribution in [0.25, 0.3) is 0 Å². The number of carboxylic acids is 1. The Hall–Kier alpha value is -2.63. The van der Waals surface area contributed by atoms with E-state index in [4.69, 9.17) is 5.11 Å². The number of carbonyl (C=O) groups excluding carboxylic acids is 2. The molecule has 104 valence electrons. The van der Waals surface area contributed by atoms with Crippen LogP contribution in [0.2, 0.25) is 0 Å². The summed E-state index contributed by atoms with van der Waals surface area (Å²) in [6, 6.07) is 6.90. The molecular weight excluding hydrogens is 260 g/mol. The fraction of sp³-hybridized carbons (Fsp3) is 0.214. The Kier molecular flexibility index (Phi) is 4.14. The Morgan fingerprint density at radius 3 is 2.75 bits per heavy atom. The van der Waals surface area contributed by atoms with E-state index >= 15 is 0 Å². The molecule has 0 aromatic heterocycles. The molecule has 2 rings (SSSR count). The second-order valence-electron chi connectivity index (χ2n) is 4.36. The maximum Gasteiger partial charge on any atom is 0.328 e. The highest BCUT2D eigenvalue weighted by atomic mass is 16.4. The summed E-state index contributed by atoms with van der Waals surface area (Å²) in [4.78, 5) is 35.1. The molecule has 6 heteroatoms. The van der Waals surface area contributed by atoms with Crippen molar-refractivity contribution in [3.8, 4) is 0 Å². The fourth-order valence-electron chi connectivity index (χ4n) is 2.00. The topological polar surface area (TPSA) is 86.7 Å². The van der Waals surface area contributed by atoms with Crippen molar-refractivity contribution in [3.05, 3.63) is 36.4 Å². The number of nitrogens with one attached hydrogen (secondary N) is 1. The number of carboxylic acid groups (broad SMARTS) is 1. The Balaban J connectivity index is 2.08. The van der Waals surface area contributed by atoms with Gasteiger partial charge in [0, 0.05) is 36.5 Å². The summed E-state index contributed by atoms with van der Waals surface area (Å²) in [6.45, 7) is 0.676.